The van der Waals surface area contributed by atoms with Crippen molar-refractivity contribution in [3.63, 3.8) is 0 Å². The van der Waals surface area contributed by atoms with Crippen molar-refractivity contribution >= 4 is 81.6 Å². The predicted octanol–water partition coefficient (Wildman–Crippen LogP) is -0.356. The number of aromatic hydroxyl groups is 2. The van der Waals surface area contributed by atoms with E-state index in [0.717, 1.165) is 0 Å². The Bertz CT molecular complexity index is 2880. The molecule has 0 aromatic heterocycles. The zero-order chi connectivity index (χ0) is 60.0. The highest BCUT2D eigenvalue weighted by molar-refractivity contribution is 8.13. The van der Waals surface area contributed by atoms with Crippen molar-refractivity contribution in [2.75, 3.05) is 25.9 Å². The third-order valence-corrected chi connectivity index (χ3v) is 14.5. The van der Waals surface area contributed by atoms with Crippen molar-refractivity contribution in [3.05, 3.63) is 130 Å². The van der Waals surface area contributed by atoms with Crippen LogP contribution in [0.1, 0.15) is 65.2 Å². The Labute approximate surface area is 482 Å². The van der Waals surface area contributed by atoms with E-state index in [2.05, 4.69) is 42.5 Å². The largest absolute Gasteiger partial charge is 0.508 e. The van der Waals surface area contributed by atoms with E-state index in [0.29, 0.717) is 58.4 Å². The molecule has 1 saturated heterocycles. The fourth-order valence-corrected chi connectivity index (χ4v) is 9.54. The molecule has 0 aliphatic carbocycles. The number of hydrogen-bond acceptors (Lipinski definition) is 16. The lowest BCUT2D eigenvalue weighted by atomic mass is 9.90. The molecule has 24 nitrogen and oxygen atoms in total. The number of nitrogens with one attached hydrogen (secondary N) is 8. The van der Waals surface area contributed by atoms with E-state index in [9.17, 15) is 63.3 Å². The highest BCUT2D eigenvalue weighted by atomic mass is 35.5. The Kier molecular flexibility index (Phi) is 25.1. The number of primary amides is 2. The molecule has 17 N–H and O–H groups in total. The number of aliphatic hydroxyl groups is 1. The van der Waals surface area contributed by atoms with Crippen molar-refractivity contribution in [3.8, 4) is 11.5 Å². The first-order valence-corrected chi connectivity index (χ1v) is 27.7. The Morgan fingerprint density at radius 2 is 1.27 bits per heavy atom. The van der Waals surface area contributed by atoms with Gasteiger partial charge < -0.3 is 75.1 Å². The number of carbonyl (C=O) groups is 10. The number of rotatable bonds is 20. The van der Waals surface area contributed by atoms with E-state index in [1.54, 1.807) is 31.3 Å². The molecule has 440 valence electrons. The van der Waals surface area contributed by atoms with Crippen molar-refractivity contribution in [1.29, 1.82) is 0 Å². The van der Waals surface area contributed by atoms with Gasteiger partial charge in [0.15, 0.2) is 5.78 Å². The van der Waals surface area contributed by atoms with Gasteiger partial charge in [0, 0.05) is 48.1 Å². The quantitative estimate of drug-likeness (QED) is 0.0503. The molecule has 5 rings (SSSR count). The lowest BCUT2D eigenvalue weighted by Crippen LogP contribution is -2.62. The number of aliphatic hydroxyl groups excluding tert-OH is 1. The molecule has 9 amide bonds. The second-order valence-corrected chi connectivity index (χ2v) is 21.3. The van der Waals surface area contributed by atoms with Gasteiger partial charge >= 0.3 is 0 Å². The zero-order valence-electron chi connectivity index (χ0n) is 45.2. The third-order valence-electron chi connectivity index (χ3n) is 13.3. The van der Waals surface area contributed by atoms with Crippen LogP contribution in [0.25, 0.3) is 0 Å². The summed E-state index contributed by atoms with van der Waals surface area (Å²) in [4.78, 5) is 140. The van der Waals surface area contributed by atoms with Crippen molar-refractivity contribution < 1.29 is 63.3 Å². The molecule has 26 heteroatoms. The van der Waals surface area contributed by atoms with Gasteiger partial charge in [0.25, 0.3) is 5.24 Å². The molecule has 1 unspecified atom stereocenters. The fraction of sp³-hybridized carbons (Fsp3) is 0.393. The number of ketones is 1. The molecule has 1 heterocycles. The van der Waals surface area contributed by atoms with Crippen LogP contribution in [0.3, 0.4) is 0 Å². The summed E-state index contributed by atoms with van der Waals surface area (Å²) in [5.41, 5.74) is 19.7. The minimum absolute atomic E-state index is 0.00725. The van der Waals surface area contributed by atoms with Gasteiger partial charge in [0.05, 0.1) is 18.2 Å². The van der Waals surface area contributed by atoms with Crippen LogP contribution in [0.5, 0.6) is 11.5 Å². The topological polar surface area (TPSA) is 406 Å². The SMILES string of the molecule is CNCCCC[C@@H]1NC(=O)[C@@H](Cc2ccc(C(N)=O)cc2)NC(=O)[C@H](Cc2ccc(O)cc2)CC(=O)[C@H](NC(=O)[C@@H](N)Cc2ccc(Cl)cc2)CSC(=O)NC[C@@H](C(=O)N[C@H](Cc2ccc(O)cc2)C(N)=O)NC(=O)[C@H](C(C)O)NC1=O. The Hall–Kier alpha value is -8.10. The van der Waals surface area contributed by atoms with Crippen molar-refractivity contribution in [1.82, 2.24) is 42.5 Å². The summed E-state index contributed by atoms with van der Waals surface area (Å²) < 4.78 is 0. The number of amides is 9. The minimum atomic E-state index is -1.83. The van der Waals surface area contributed by atoms with Crippen LogP contribution < -0.4 is 59.7 Å². The Morgan fingerprint density at radius 1 is 0.707 bits per heavy atom. The smallest absolute Gasteiger partial charge is 0.279 e. The van der Waals surface area contributed by atoms with Crippen LogP contribution in [0.4, 0.5) is 4.79 Å². The van der Waals surface area contributed by atoms with Gasteiger partial charge in [-0.3, -0.25) is 47.9 Å². The summed E-state index contributed by atoms with van der Waals surface area (Å²) in [7, 11) is 1.71. The van der Waals surface area contributed by atoms with E-state index in [-0.39, 0.29) is 49.2 Å². The molecule has 0 bridgehead atoms. The van der Waals surface area contributed by atoms with Gasteiger partial charge in [-0.25, -0.2) is 0 Å². The number of thioether (sulfide) groups is 1. The van der Waals surface area contributed by atoms with E-state index in [1.807, 2.05) is 0 Å². The van der Waals surface area contributed by atoms with Gasteiger partial charge in [-0.2, -0.15) is 0 Å². The summed E-state index contributed by atoms with van der Waals surface area (Å²) in [6.07, 6.45) is -2.12. The summed E-state index contributed by atoms with van der Waals surface area (Å²) in [6.45, 7) is 0.968. The molecule has 4 aromatic carbocycles. The maximum absolute atomic E-state index is 14.8. The molecule has 0 spiro atoms. The molecular formula is C56H70ClN11O13S. The maximum atomic E-state index is 14.8. The summed E-state index contributed by atoms with van der Waals surface area (Å²) in [5.74, 6) is -10.2. The van der Waals surface area contributed by atoms with Gasteiger partial charge in [-0.1, -0.05) is 71.9 Å². The second kappa shape index (κ2) is 31.8. The number of benzene rings is 4. The number of hydrogen-bond donors (Lipinski definition) is 14. The first-order valence-electron chi connectivity index (χ1n) is 26.3. The van der Waals surface area contributed by atoms with Gasteiger partial charge in [0.2, 0.25) is 47.3 Å². The van der Waals surface area contributed by atoms with E-state index in [4.69, 9.17) is 28.8 Å². The standard InChI is InChI=1S/C56H70ClN11O13S/c1-30(69)47-55(80)66-44(54(79)64-42(49(60)74)25-34-12-20-39(71)21-13-34)28-62-56(81)82-29-45(67-51(76)40(58)24-32-8-16-37(57)17-9-32)46(72)27-36(23-31-10-18-38(70)19-11-31)50(75)65-43(26-33-6-14-35(15-7-33)48(59)73)53(78)63-41(52(77)68-47)5-3-4-22-61-2/h6-21,30,36,40-45,47,61,69-71H,3-5,22-29,58H2,1-2H3,(H2,59,73)(H2,60,74)(H,62,81)(H,63,78)(H,64,79)(H,65,75)(H,66,80)(H,67,76)(H,68,77)/t30?,36-,40+,41+,42-,43-,44+,45-,47+/m1/s1. The zero-order valence-corrected chi connectivity index (χ0v) is 46.7. The first kappa shape index (κ1) is 64.7. The van der Waals surface area contributed by atoms with Gasteiger partial charge in [-0.05, 0) is 123 Å². The predicted molar refractivity (Wildman–Crippen MR) is 305 cm³/mol. The molecule has 9 atom stereocenters. The fourth-order valence-electron chi connectivity index (χ4n) is 8.64. The lowest BCUT2D eigenvalue weighted by molar-refractivity contribution is -0.137. The number of nitrogens with two attached hydrogens (primary N) is 3. The average molecular weight is 1170 g/mol. The van der Waals surface area contributed by atoms with E-state index in [1.165, 1.54) is 79.7 Å². The highest BCUT2D eigenvalue weighted by Gasteiger charge is 2.37. The summed E-state index contributed by atoms with van der Waals surface area (Å²) in [6, 6.07) is 13.0. The molecule has 0 radical (unpaired) electrons. The second-order valence-electron chi connectivity index (χ2n) is 19.8. The van der Waals surface area contributed by atoms with Gasteiger partial charge in [0.1, 0.15) is 41.7 Å². The van der Waals surface area contributed by atoms with E-state index >= 15 is 0 Å². The van der Waals surface area contributed by atoms with Crippen LogP contribution >= 0.6 is 23.4 Å². The molecule has 82 heavy (non-hydrogen) atoms. The lowest BCUT2D eigenvalue weighted by Gasteiger charge is -2.28. The third kappa shape index (κ3) is 20.8. The van der Waals surface area contributed by atoms with E-state index < -0.39 is 131 Å². The molecule has 1 aliphatic rings. The monoisotopic (exact) mass is 1170 g/mol. The normalized spacial score (nSPS) is 20.9. The molecule has 0 saturated carbocycles. The van der Waals surface area contributed by atoms with Crippen LogP contribution in [-0.4, -0.2) is 148 Å². The van der Waals surface area contributed by atoms with Gasteiger partial charge in [-0.15, -0.1) is 0 Å². The highest BCUT2D eigenvalue weighted by Crippen LogP contribution is 2.21. The van der Waals surface area contributed by atoms with Crippen LogP contribution in [0, 0.1) is 5.92 Å². The molecule has 4 aromatic rings. The first-order chi connectivity index (χ1) is 39.0. The number of phenols is 2. The van der Waals surface area contributed by atoms with Crippen molar-refractivity contribution in [2.45, 2.75) is 107 Å². The number of unbranched alkanes of at least 4 members (excludes halogenated alkanes) is 1. The van der Waals surface area contributed by atoms with Crippen LogP contribution in [-0.2, 0) is 64.0 Å². The number of phenolic OH excluding ortho intramolecular Hbond substituents is 2. The Morgan fingerprint density at radius 3 is 1.87 bits per heavy atom. The molecule has 1 fully saturated rings. The minimum Gasteiger partial charge on any atom is -0.508 e. The summed E-state index contributed by atoms with van der Waals surface area (Å²) in [5, 5.41) is 51.4. The number of halogens is 1. The molecule has 1 aliphatic heterocycles. The number of Topliss-reactive ketones (excluding diaryl/α,β-unsaturated/α-hetero) is 1. The van der Waals surface area contributed by atoms with Crippen LogP contribution in [0.15, 0.2) is 97.1 Å². The number of carbonyl (C=O) groups excluding carboxylic acids is 10. The molecular weight excluding hydrogens is 1100 g/mol. The maximum Gasteiger partial charge on any atom is 0.279 e. The van der Waals surface area contributed by atoms with Crippen molar-refractivity contribution in [2.24, 2.45) is 23.1 Å². The average Bonchev–Trinajstić information content (AvgIpc) is 3.60. The Balaban J connectivity index is 1.59. The summed E-state index contributed by atoms with van der Waals surface area (Å²) >= 11 is 6.54. The van der Waals surface area contributed by atoms with Crippen LogP contribution in [0.2, 0.25) is 5.02 Å².